The molecule has 0 spiro atoms. The van der Waals surface area contributed by atoms with Gasteiger partial charge in [0.1, 0.15) is 5.69 Å². The highest BCUT2D eigenvalue weighted by Gasteiger charge is 2.20. The van der Waals surface area contributed by atoms with E-state index in [1.807, 2.05) is 0 Å². The molecular weight excluding hydrogens is 256 g/mol. The van der Waals surface area contributed by atoms with Crippen molar-refractivity contribution in [2.75, 3.05) is 0 Å². The van der Waals surface area contributed by atoms with E-state index in [1.165, 1.54) is 33.6 Å². The molecule has 0 radical (unpaired) electrons. The summed E-state index contributed by atoms with van der Waals surface area (Å²) in [5, 5.41) is 0. The van der Waals surface area contributed by atoms with Gasteiger partial charge in [0.15, 0.2) is 7.05 Å². The number of rotatable bonds is 2. The summed E-state index contributed by atoms with van der Waals surface area (Å²) in [6, 6.07) is 19.5. The zero-order valence-electron chi connectivity index (χ0n) is 13.1. The van der Waals surface area contributed by atoms with Crippen molar-refractivity contribution in [2.45, 2.75) is 13.8 Å². The van der Waals surface area contributed by atoms with Crippen molar-refractivity contribution >= 4 is 0 Å². The smallest absolute Gasteiger partial charge is 0.156 e. The quantitative estimate of drug-likeness (QED) is 0.630. The van der Waals surface area contributed by atoms with Gasteiger partial charge in [-0.05, 0) is 31.5 Å². The Morgan fingerprint density at radius 1 is 0.905 bits per heavy atom. The molecule has 1 heterocycles. The lowest BCUT2D eigenvalue weighted by Gasteiger charge is -2.03. The molecule has 0 unspecified atom stereocenters. The zero-order chi connectivity index (χ0) is 15.0. The number of nitrogens with zero attached hydrogens (tertiary/aromatic N) is 2. The second-order valence-electron chi connectivity index (χ2n) is 5.64. The predicted molar refractivity (Wildman–Crippen MR) is 86.9 cm³/mol. The molecule has 3 rings (SSSR count). The number of aromatic nitrogens is 2. The molecule has 0 aliphatic heterocycles. The molecule has 0 aliphatic carbocycles. The lowest BCUT2D eigenvalue weighted by molar-refractivity contribution is -0.740. The SMILES string of the molecule is Cc1ccc(-c2cc(-c3ccccc3C)n(C)[n+]2C)cc1. The maximum Gasteiger partial charge on any atom is 0.238 e. The second kappa shape index (κ2) is 5.21. The van der Waals surface area contributed by atoms with Crippen LogP contribution in [0.25, 0.3) is 22.5 Å². The van der Waals surface area contributed by atoms with Crippen LogP contribution in [0.4, 0.5) is 0 Å². The molecule has 2 heteroatoms. The van der Waals surface area contributed by atoms with E-state index in [4.69, 9.17) is 0 Å². The van der Waals surface area contributed by atoms with E-state index in [1.54, 1.807) is 0 Å². The molecule has 0 saturated carbocycles. The van der Waals surface area contributed by atoms with Gasteiger partial charge in [-0.15, -0.1) is 4.68 Å². The Kier molecular flexibility index (Phi) is 3.38. The molecule has 0 fully saturated rings. The predicted octanol–water partition coefficient (Wildman–Crippen LogP) is 3.80. The van der Waals surface area contributed by atoms with Gasteiger partial charge in [-0.3, -0.25) is 0 Å². The van der Waals surface area contributed by atoms with Crippen molar-refractivity contribution in [1.29, 1.82) is 0 Å². The van der Waals surface area contributed by atoms with E-state index in [9.17, 15) is 0 Å². The minimum absolute atomic E-state index is 1.23. The molecule has 106 valence electrons. The van der Waals surface area contributed by atoms with Crippen LogP contribution >= 0.6 is 0 Å². The monoisotopic (exact) mass is 277 g/mol. The van der Waals surface area contributed by atoms with E-state index >= 15 is 0 Å². The van der Waals surface area contributed by atoms with Crippen LogP contribution in [0.3, 0.4) is 0 Å². The standard InChI is InChI=1S/C19H21N2/c1-14-9-11-16(12-10-14)18-13-19(21(4)20(18)3)17-8-6-5-7-15(17)2/h5-13H,1-4H3/q+1. The van der Waals surface area contributed by atoms with Gasteiger partial charge in [-0.1, -0.05) is 42.0 Å². The molecule has 2 nitrogen and oxygen atoms in total. The van der Waals surface area contributed by atoms with Crippen LogP contribution in [0, 0.1) is 13.8 Å². The fraction of sp³-hybridized carbons (Fsp3) is 0.211. The molecule has 21 heavy (non-hydrogen) atoms. The third-order valence-electron chi connectivity index (χ3n) is 4.19. The Morgan fingerprint density at radius 2 is 1.57 bits per heavy atom. The van der Waals surface area contributed by atoms with Crippen molar-refractivity contribution < 1.29 is 4.68 Å². The number of hydrogen-bond donors (Lipinski definition) is 0. The number of hydrogen-bond acceptors (Lipinski definition) is 0. The van der Waals surface area contributed by atoms with Gasteiger partial charge in [0.05, 0.1) is 7.05 Å². The van der Waals surface area contributed by atoms with Gasteiger partial charge in [-0.25, -0.2) is 0 Å². The van der Waals surface area contributed by atoms with Crippen LogP contribution in [0.5, 0.6) is 0 Å². The molecule has 0 atom stereocenters. The summed E-state index contributed by atoms with van der Waals surface area (Å²) in [5.41, 5.74) is 7.60. The van der Waals surface area contributed by atoms with E-state index in [2.05, 4.69) is 91.9 Å². The summed E-state index contributed by atoms with van der Waals surface area (Å²) in [6.45, 7) is 4.28. The summed E-state index contributed by atoms with van der Waals surface area (Å²) in [6.07, 6.45) is 0. The zero-order valence-corrected chi connectivity index (χ0v) is 13.1. The molecule has 0 amide bonds. The van der Waals surface area contributed by atoms with Gasteiger partial charge in [0, 0.05) is 17.2 Å². The molecule has 1 aromatic heterocycles. The van der Waals surface area contributed by atoms with Gasteiger partial charge >= 0.3 is 0 Å². The topological polar surface area (TPSA) is 8.81 Å². The summed E-state index contributed by atoms with van der Waals surface area (Å²) < 4.78 is 4.41. The highest BCUT2D eigenvalue weighted by Crippen LogP contribution is 2.26. The van der Waals surface area contributed by atoms with Crippen molar-refractivity contribution in [3.05, 3.63) is 65.7 Å². The van der Waals surface area contributed by atoms with Crippen LogP contribution in [-0.4, -0.2) is 4.68 Å². The van der Waals surface area contributed by atoms with E-state index in [0.29, 0.717) is 0 Å². The Bertz CT molecular complexity index is 780. The minimum atomic E-state index is 1.23. The van der Waals surface area contributed by atoms with Crippen LogP contribution < -0.4 is 4.68 Å². The molecule has 3 aromatic rings. The lowest BCUT2D eigenvalue weighted by Crippen LogP contribution is -2.39. The summed E-state index contributed by atoms with van der Waals surface area (Å²) >= 11 is 0. The average molecular weight is 277 g/mol. The molecule has 0 aliphatic rings. The first-order valence-electron chi connectivity index (χ1n) is 7.27. The fourth-order valence-electron chi connectivity index (χ4n) is 2.75. The Balaban J connectivity index is 2.16. The molecular formula is C19H21N2+. The third-order valence-corrected chi connectivity index (χ3v) is 4.19. The minimum Gasteiger partial charge on any atom is -0.156 e. The Morgan fingerprint density at radius 3 is 2.24 bits per heavy atom. The first-order valence-corrected chi connectivity index (χ1v) is 7.27. The second-order valence-corrected chi connectivity index (χ2v) is 5.64. The average Bonchev–Trinajstić information content (AvgIpc) is 2.77. The van der Waals surface area contributed by atoms with Crippen LogP contribution in [0.1, 0.15) is 11.1 Å². The first-order chi connectivity index (χ1) is 10.1. The molecule has 0 bridgehead atoms. The molecule has 0 saturated heterocycles. The highest BCUT2D eigenvalue weighted by molar-refractivity contribution is 5.68. The fourth-order valence-corrected chi connectivity index (χ4v) is 2.75. The van der Waals surface area contributed by atoms with Gasteiger partial charge in [0.2, 0.25) is 5.69 Å². The lowest BCUT2D eigenvalue weighted by atomic mass is 10.0. The maximum absolute atomic E-state index is 2.27. The summed E-state index contributed by atoms with van der Waals surface area (Å²) in [4.78, 5) is 0. The molecule has 2 aromatic carbocycles. The van der Waals surface area contributed by atoms with Crippen molar-refractivity contribution in [1.82, 2.24) is 4.68 Å². The van der Waals surface area contributed by atoms with E-state index < -0.39 is 0 Å². The highest BCUT2D eigenvalue weighted by atomic mass is 15.4. The van der Waals surface area contributed by atoms with Crippen LogP contribution in [0.15, 0.2) is 54.6 Å². The number of aryl methyl sites for hydroxylation is 2. The van der Waals surface area contributed by atoms with Crippen LogP contribution in [-0.2, 0) is 14.1 Å². The summed E-state index contributed by atoms with van der Waals surface area (Å²) in [5.74, 6) is 0. The van der Waals surface area contributed by atoms with Crippen molar-refractivity contribution in [2.24, 2.45) is 14.1 Å². The Hall–Kier alpha value is -2.35. The van der Waals surface area contributed by atoms with Crippen molar-refractivity contribution in [3.8, 4) is 22.5 Å². The normalized spacial score (nSPS) is 10.9. The Labute approximate surface area is 126 Å². The van der Waals surface area contributed by atoms with E-state index in [-0.39, 0.29) is 0 Å². The van der Waals surface area contributed by atoms with Gasteiger partial charge < -0.3 is 0 Å². The van der Waals surface area contributed by atoms with Crippen LogP contribution in [0.2, 0.25) is 0 Å². The van der Waals surface area contributed by atoms with E-state index in [0.717, 1.165) is 0 Å². The largest absolute Gasteiger partial charge is 0.238 e. The van der Waals surface area contributed by atoms with Crippen molar-refractivity contribution in [3.63, 3.8) is 0 Å². The summed E-state index contributed by atoms with van der Waals surface area (Å²) in [7, 11) is 4.22. The number of benzene rings is 2. The molecule has 0 N–H and O–H groups in total. The van der Waals surface area contributed by atoms with Gasteiger partial charge in [-0.2, -0.15) is 4.68 Å². The first kappa shape index (κ1) is 13.6. The van der Waals surface area contributed by atoms with Gasteiger partial charge in [0.25, 0.3) is 0 Å². The maximum atomic E-state index is 2.27. The third kappa shape index (κ3) is 2.38.